The molecule has 2 aliphatic heterocycles. The van der Waals surface area contributed by atoms with Crippen LogP contribution in [0.2, 0.25) is 0 Å². The summed E-state index contributed by atoms with van der Waals surface area (Å²) in [7, 11) is 0. The highest BCUT2D eigenvalue weighted by Gasteiger charge is 2.32. The molecule has 1 atom stereocenters. The summed E-state index contributed by atoms with van der Waals surface area (Å²) >= 11 is 0. The number of aryl methyl sites for hydroxylation is 1. The summed E-state index contributed by atoms with van der Waals surface area (Å²) in [6.45, 7) is 8.45. The summed E-state index contributed by atoms with van der Waals surface area (Å²) in [5.74, 6) is -0.173. The minimum absolute atomic E-state index is 0.173. The maximum absolute atomic E-state index is 13.8. The van der Waals surface area contributed by atoms with Crippen molar-refractivity contribution in [3.63, 3.8) is 0 Å². The van der Waals surface area contributed by atoms with Crippen molar-refractivity contribution in [1.29, 1.82) is 0 Å². The first-order valence-electron chi connectivity index (χ1n) is 13.8. The highest BCUT2D eigenvalue weighted by molar-refractivity contribution is 5.88. The van der Waals surface area contributed by atoms with Gasteiger partial charge in [0.1, 0.15) is 11.6 Å². The van der Waals surface area contributed by atoms with Gasteiger partial charge in [-0.3, -0.25) is 14.8 Å². The topological polar surface area (TPSA) is 83.9 Å². The van der Waals surface area contributed by atoms with Crippen LogP contribution in [-0.2, 0) is 35.3 Å². The van der Waals surface area contributed by atoms with Crippen LogP contribution < -0.4 is 5.32 Å². The van der Waals surface area contributed by atoms with E-state index >= 15 is 0 Å². The van der Waals surface area contributed by atoms with E-state index in [0.29, 0.717) is 25.1 Å². The van der Waals surface area contributed by atoms with Crippen molar-refractivity contribution in [2.75, 3.05) is 6.54 Å². The molecule has 2 aromatic carbocycles. The minimum Gasteiger partial charge on any atom is -0.444 e. The van der Waals surface area contributed by atoms with Gasteiger partial charge in [0.25, 0.3) is 0 Å². The lowest BCUT2D eigenvalue weighted by molar-refractivity contribution is -0.134. The molecule has 2 aliphatic rings. The number of carbonyl (C=O) groups excluding carboxylic acids is 2. The van der Waals surface area contributed by atoms with Crippen LogP contribution in [0.5, 0.6) is 0 Å². The quantitative estimate of drug-likeness (QED) is 0.457. The molecule has 1 unspecified atom stereocenters. The van der Waals surface area contributed by atoms with Gasteiger partial charge in [-0.05, 0) is 68.4 Å². The molecule has 1 aromatic heterocycles. The number of aliphatic imine (C=N–C) groups is 1. The van der Waals surface area contributed by atoms with Gasteiger partial charge >= 0.3 is 6.09 Å². The van der Waals surface area contributed by atoms with Crippen LogP contribution >= 0.6 is 0 Å². The molecule has 3 aromatic rings. The second-order valence-corrected chi connectivity index (χ2v) is 11.5. The van der Waals surface area contributed by atoms with Gasteiger partial charge in [-0.15, -0.1) is 0 Å². The molecule has 0 spiro atoms. The van der Waals surface area contributed by atoms with Crippen LogP contribution in [0.25, 0.3) is 0 Å². The summed E-state index contributed by atoms with van der Waals surface area (Å²) in [6.07, 6.45) is 7.42. The third-order valence-corrected chi connectivity index (χ3v) is 7.15. The molecular weight excluding hydrogens is 500 g/mol. The van der Waals surface area contributed by atoms with Gasteiger partial charge in [0.2, 0.25) is 5.91 Å². The standard InChI is InChI=1S/C33H36N4O3/c1-22-10-12-23(13-11-22)16-24-17-29-28(20-34-18-24)27-14-15-37(21-26(27)19-35-29)31(38)30(25-8-6-5-7-9-25)36-32(39)40-33(2,3)4/h5-13,18-20,30H,14-17,21H2,1-4H3,(H,36,39). The zero-order valence-electron chi connectivity index (χ0n) is 23.6. The second kappa shape index (κ2) is 11.5. The number of nitrogens with one attached hydrogen (secondary N) is 1. The number of ether oxygens (including phenoxy) is 1. The molecule has 7 nitrogen and oxygen atoms in total. The normalized spacial score (nSPS) is 15.3. The lowest BCUT2D eigenvalue weighted by Crippen LogP contribution is -2.46. The van der Waals surface area contributed by atoms with E-state index in [-0.39, 0.29) is 5.91 Å². The number of carbonyl (C=O) groups is 2. The maximum Gasteiger partial charge on any atom is 0.408 e. The van der Waals surface area contributed by atoms with Crippen LogP contribution in [0.3, 0.4) is 0 Å². The first-order chi connectivity index (χ1) is 19.2. The van der Waals surface area contributed by atoms with Crippen LogP contribution in [0.1, 0.15) is 65.9 Å². The molecule has 0 saturated carbocycles. The van der Waals surface area contributed by atoms with Gasteiger partial charge in [-0.25, -0.2) is 4.79 Å². The zero-order valence-corrected chi connectivity index (χ0v) is 23.6. The van der Waals surface area contributed by atoms with E-state index in [1.807, 2.05) is 48.9 Å². The largest absolute Gasteiger partial charge is 0.444 e. The Hall–Kier alpha value is -4.26. The van der Waals surface area contributed by atoms with E-state index in [2.05, 4.69) is 41.5 Å². The van der Waals surface area contributed by atoms with Crippen molar-refractivity contribution in [1.82, 2.24) is 15.2 Å². The Bertz CT molecular complexity index is 1450. The number of alkyl carbamates (subject to hydrolysis) is 1. The van der Waals surface area contributed by atoms with Gasteiger partial charge in [0.05, 0.1) is 5.69 Å². The Kier molecular flexibility index (Phi) is 7.83. The molecular formula is C33H36N4O3. The van der Waals surface area contributed by atoms with Crippen molar-refractivity contribution in [2.24, 2.45) is 4.99 Å². The molecule has 5 rings (SSSR count). The number of rotatable bonds is 5. The summed E-state index contributed by atoms with van der Waals surface area (Å²) in [5.41, 5.74) is 8.06. The zero-order chi connectivity index (χ0) is 28.3. The summed E-state index contributed by atoms with van der Waals surface area (Å²) in [5, 5.41) is 2.80. The third kappa shape index (κ3) is 6.47. The van der Waals surface area contributed by atoms with E-state index in [0.717, 1.165) is 29.7 Å². The van der Waals surface area contributed by atoms with Gasteiger partial charge in [0.15, 0.2) is 0 Å². The summed E-state index contributed by atoms with van der Waals surface area (Å²) in [4.78, 5) is 37.7. The molecule has 3 heterocycles. The van der Waals surface area contributed by atoms with E-state index in [1.165, 1.54) is 22.3 Å². The third-order valence-electron chi connectivity index (χ3n) is 7.15. The fourth-order valence-electron chi connectivity index (χ4n) is 5.19. The predicted molar refractivity (Wildman–Crippen MR) is 156 cm³/mol. The fourth-order valence-corrected chi connectivity index (χ4v) is 5.19. The summed E-state index contributed by atoms with van der Waals surface area (Å²) in [6, 6.07) is 17.0. The van der Waals surface area contributed by atoms with Gasteiger partial charge in [-0.2, -0.15) is 0 Å². The van der Waals surface area contributed by atoms with Crippen molar-refractivity contribution in [3.8, 4) is 0 Å². The Morgan fingerprint density at radius 3 is 2.55 bits per heavy atom. The van der Waals surface area contributed by atoms with E-state index in [1.54, 1.807) is 25.7 Å². The number of hydrogen-bond acceptors (Lipinski definition) is 5. The molecule has 0 aliphatic carbocycles. The highest BCUT2D eigenvalue weighted by atomic mass is 16.6. The molecule has 7 heteroatoms. The first kappa shape index (κ1) is 27.3. The van der Waals surface area contributed by atoms with Gasteiger partial charge in [0, 0.05) is 43.7 Å². The SMILES string of the molecule is Cc1ccc(CC2=CN=Cc3c(ncc4c3CCN(C(=O)C(NC(=O)OC(C)(C)C)c3ccccc3)C4)C2)cc1. The van der Waals surface area contributed by atoms with E-state index < -0.39 is 17.7 Å². The number of benzene rings is 2. The molecule has 40 heavy (non-hydrogen) atoms. The Balaban J connectivity index is 1.33. The Labute approximate surface area is 236 Å². The van der Waals surface area contributed by atoms with Crippen LogP contribution in [0.4, 0.5) is 4.79 Å². The summed E-state index contributed by atoms with van der Waals surface area (Å²) < 4.78 is 5.46. The molecule has 206 valence electrons. The highest BCUT2D eigenvalue weighted by Crippen LogP contribution is 2.28. The van der Waals surface area contributed by atoms with Crippen LogP contribution in [-0.4, -0.2) is 40.2 Å². The molecule has 0 bridgehead atoms. The number of aromatic nitrogens is 1. The number of nitrogens with zero attached hydrogens (tertiary/aromatic N) is 3. The number of pyridine rings is 1. The number of allylic oxidation sites excluding steroid dienone is 1. The molecule has 1 N–H and O–H groups in total. The average Bonchev–Trinajstić information content (AvgIpc) is 3.14. The monoisotopic (exact) mass is 536 g/mol. The molecule has 0 saturated heterocycles. The van der Waals surface area contributed by atoms with E-state index in [9.17, 15) is 9.59 Å². The molecule has 0 fully saturated rings. The van der Waals surface area contributed by atoms with Gasteiger partial charge in [-0.1, -0.05) is 60.2 Å². The van der Waals surface area contributed by atoms with Crippen molar-refractivity contribution in [2.45, 2.75) is 65.1 Å². The maximum atomic E-state index is 13.8. The average molecular weight is 537 g/mol. The number of hydrogen-bond donors (Lipinski definition) is 1. The number of fused-ring (bicyclic) bond motifs is 3. The lowest BCUT2D eigenvalue weighted by Gasteiger charge is -2.33. The Morgan fingerprint density at radius 1 is 1.07 bits per heavy atom. The van der Waals surface area contributed by atoms with Crippen molar-refractivity contribution < 1.29 is 14.3 Å². The smallest absolute Gasteiger partial charge is 0.408 e. The Morgan fingerprint density at radius 2 is 1.82 bits per heavy atom. The van der Waals surface area contributed by atoms with Crippen LogP contribution in [0.15, 0.2) is 77.6 Å². The fraction of sp³-hybridized carbons (Fsp3) is 0.333. The molecule has 0 radical (unpaired) electrons. The minimum atomic E-state index is -0.846. The van der Waals surface area contributed by atoms with E-state index in [4.69, 9.17) is 9.72 Å². The second-order valence-electron chi connectivity index (χ2n) is 11.5. The van der Waals surface area contributed by atoms with Gasteiger partial charge < -0.3 is 15.0 Å². The van der Waals surface area contributed by atoms with Crippen molar-refractivity contribution in [3.05, 3.63) is 112 Å². The van der Waals surface area contributed by atoms with Crippen LogP contribution in [0, 0.1) is 6.92 Å². The number of amides is 2. The lowest BCUT2D eigenvalue weighted by atomic mass is 9.92. The first-order valence-corrected chi connectivity index (χ1v) is 13.8. The molecule has 2 amide bonds. The van der Waals surface area contributed by atoms with Crippen molar-refractivity contribution >= 4 is 18.2 Å². The predicted octanol–water partition coefficient (Wildman–Crippen LogP) is 5.64.